The van der Waals surface area contributed by atoms with Crippen molar-refractivity contribution in [1.82, 2.24) is 0 Å². The molecule has 0 aliphatic carbocycles. The fourth-order valence-corrected chi connectivity index (χ4v) is 4.87. The molecule has 0 aromatic heterocycles. The van der Waals surface area contributed by atoms with E-state index in [1.165, 1.54) is 44.8 Å². The van der Waals surface area contributed by atoms with Gasteiger partial charge in [-0.15, -0.1) is 0 Å². The van der Waals surface area contributed by atoms with E-state index in [9.17, 15) is 0 Å². The van der Waals surface area contributed by atoms with E-state index in [1.807, 2.05) is 36.4 Å². The van der Waals surface area contributed by atoms with Crippen LogP contribution in [0.5, 0.6) is 0 Å². The summed E-state index contributed by atoms with van der Waals surface area (Å²) in [5.41, 5.74) is 14.8. The van der Waals surface area contributed by atoms with Gasteiger partial charge < -0.3 is 9.80 Å². The summed E-state index contributed by atoms with van der Waals surface area (Å²) in [6, 6.07) is 19.2. The average Bonchev–Trinajstić information content (AvgIpc) is 3.21. The maximum atomic E-state index is 2.86. The molecular weight excluding hydrogens is 489 g/mol. The molecule has 2 nitrogen and oxygen atoms in total. The summed E-state index contributed by atoms with van der Waals surface area (Å²) in [7, 11) is 0. The zero-order valence-electron chi connectivity index (χ0n) is 20.5. The third kappa shape index (κ3) is 6.43. The van der Waals surface area contributed by atoms with Gasteiger partial charge in [-0.05, 0) is 63.8 Å². The molecule has 0 unspecified atom stereocenters. The van der Waals surface area contributed by atoms with E-state index in [0.717, 1.165) is 18.7 Å². The Balaban J connectivity index is 0.000000257. The van der Waals surface area contributed by atoms with Crippen molar-refractivity contribution in [1.29, 1.82) is 0 Å². The van der Waals surface area contributed by atoms with Crippen LogP contribution in [0.3, 0.4) is 0 Å². The number of benzene rings is 3. The van der Waals surface area contributed by atoms with Crippen LogP contribution in [0, 0.1) is 48.2 Å². The Hall–Kier alpha value is -2.69. The molecule has 1 aliphatic rings. The van der Waals surface area contributed by atoms with E-state index in [-0.39, 0.29) is 0 Å². The summed E-state index contributed by atoms with van der Waals surface area (Å²) < 4.78 is 2.74. The van der Waals surface area contributed by atoms with Gasteiger partial charge >= 0.3 is 69.8 Å². The second-order valence-corrected chi connectivity index (χ2v) is 9.22. The minimum absolute atomic E-state index is 1.04. The van der Waals surface area contributed by atoms with Crippen molar-refractivity contribution in [3.05, 3.63) is 106 Å². The number of hydrogen-bond donors (Lipinski definition) is 0. The van der Waals surface area contributed by atoms with Crippen molar-refractivity contribution in [3.63, 3.8) is 0 Å². The van der Waals surface area contributed by atoms with Crippen LogP contribution in [0.25, 0.3) is 6.08 Å². The molecule has 33 heavy (non-hydrogen) atoms. The second kappa shape index (κ2) is 11.4. The Morgan fingerprint density at radius 1 is 0.727 bits per heavy atom. The van der Waals surface area contributed by atoms with Gasteiger partial charge in [0.1, 0.15) is 0 Å². The zero-order chi connectivity index (χ0) is 24.0. The third-order valence-corrected chi connectivity index (χ3v) is 6.05. The summed E-state index contributed by atoms with van der Waals surface area (Å²) in [6.45, 7) is 17.6. The first-order valence-electron chi connectivity index (χ1n) is 11.3. The molecule has 1 fully saturated rings. The third-order valence-electron chi connectivity index (χ3n) is 5.80. The molecule has 0 atom stereocenters. The molecular formula is C30H33N2Ru. The predicted molar refractivity (Wildman–Crippen MR) is 140 cm³/mol. The molecule has 0 spiro atoms. The quantitative estimate of drug-likeness (QED) is 0.212. The summed E-state index contributed by atoms with van der Waals surface area (Å²) in [6.07, 6.45) is 1.89. The van der Waals surface area contributed by atoms with Crippen LogP contribution in [0.15, 0.2) is 60.3 Å². The van der Waals surface area contributed by atoms with E-state index in [1.54, 1.807) is 0 Å². The van der Waals surface area contributed by atoms with Gasteiger partial charge in [0.2, 0.25) is 0 Å². The van der Waals surface area contributed by atoms with Gasteiger partial charge in [-0.3, -0.25) is 0 Å². The Labute approximate surface area is 209 Å². The number of aryl methyl sites for hydroxylation is 6. The number of hydrogen-bond acceptors (Lipinski definition) is 2. The Bertz CT molecular complexity index is 1090. The van der Waals surface area contributed by atoms with Crippen molar-refractivity contribution < 1.29 is 17.9 Å². The first-order valence-corrected chi connectivity index (χ1v) is 12.2. The van der Waals surface area contributed by atoms with Crippen LogP contribution in [0.1, 0.15) is 38.9 Å². The summed E-state index contributed by atoms with van der Waals surface area (Å²) in [4.78, 5) is 4.81. The van der Waals surface area contributed by atoms with Gasteiger partial charge in [0.05, 0.1) is 0 Å². The molecule has 4 rings (SSSR count). The molecule has 3 aromatic rings. The van der Waals surface area contributed by atoms with E-state index >= 15 is 0 Å². The van der Waals surface area contributed by atoms with Crippen molar-refractivity contribution in [2.75, 3.05) is 22.9 Å². The van der Waals surface area contributed by atoms with Crippen LogP contribution in [-0.4, -0.2) is 17.4 Å². The maximum absolute atomic E-state index is 2.86. The van der Waals surface area contributed by atoms with Gasteiger partial charge in [-0.2, -0.15) is 6.67 Å². The summed E-state index contributed by atoms with van der Waals surface area (Å²) >= 11 is 2.27. The Morgan fingerprint density at radius 3 is 1.55 bits per heavy atom. The van der Waals surface area contributed by atoms with Crippen LogP contribution in [0.2, 0.25) is 0 Å². The molecule has 0 N–H and O–H groups in total. The molecule has 0 amide bonds. The molecule has 171 valence electrons. The zero-order valence-corrected chi connectivity index (χ0v) is 22.3. The van der Waals surface area contributed by atoms with Gasteiger partial charge in [0, 0.05) is 24.5 Å². The van der Waals surface area contributed by atoms with Crippen molar-refractivity contribution >= 4 is 21.7 Å². The van der Waals surface area contributed by atoms with E-state index in [4.69, 9.17) is 0 Å². The first kappa shape index (κ1) is 24.9. The van der Waals surface area contributed by atoms with E-state index < -0.39 is 0 Å². The van der Waals surface area contributed by atoms with Crippen LogP contribution in [-0.2, 0) is 17.9 Å². The van der Waals surface area contributed by atoms with Gasteiger partial charge in [0.25, 0.3) is 0 Å². The molecule has 3 heteroatoms. The van der Waals surface area contributed by atoms with Gasteiger partial charge in [0.15, 0.2) is 0 Å². The van der Waals surface area contributed by atoms with Crippen LogP contribution >= 0.6 is 0 Å². The van der Waals surface area contributed by atoms with Gasteiger partial charge in [-0.1, -0.05) is 35.4 Å². The minimum atomic E-state index is 1.04. The SMILES string of the molecule is Cc1cc(C)c(N2[CH-]N(c3c(C)cc(C)cc3C)CC2)c(C)c1.[Ru+]=[C]=C=Cc1ccccc1. The molecule has 1 heterocycles. The molecule has 0 radical (unpaired) electrons. The molecule has 1 saturated heterocycles. The first-order chi connectivity index (χ1) is 15.8. The predicted octanol–water partition coefficient (Wildman–Crippen LogP) is 6.79. The second-order valence-electron chi connectivity index (χ2n) is 8.78. The summed E-state index contributed by atoms with van der Waals surface area (Å²) in [5.74, 6) is 0. The Morgan fingerprint density at radius 2 is 1.15 bits per heavy atom. The van der Waals surface area contributed by atoms with Crippen LogP contribution in [0.4, 0.5) is 11.4 Å². The molecule has 1 aliphatic heterocycles. The van der Waals surface area contributed by atoms with Crippen LogP contribution < -0.4 is 9.80 Å². The van der Waals surface area contributed by atoms with Gasteiger partial charge in [-0.25, -0.2) is 0 Å². The average molecular weight is 523 g/mol. The van der Waals surface area contributed by atoms with Crippen molar-refractivity contribution in [2.45, 2.75) is 41.5 Å². The fraction of sp³-hybridized carbons (Fsp3) is 0.267. The standard InChI is InChI=1S/C21H27N2.C9H6.Ru/c1-14-9-16(3)20(17(4)10-14)22-7-8-23(13-22)21-18(5)11-15(2)12-19(21)6;1-2-6-9-7-4-3-5-8-9;/h9-13H,7-8H2,1-6H3;3-8H;/q-1;;+1. The fourth-order valence-electron chi connectivity index (χ4n) is 4.75. The normalized spacial score (nSPS) is 12.5. The summed E-state index contributed by atoms with van der Waals surface area (Å²) in [5, 5.41) is 0. The number of nitrogens with zero attached hydrogens (tertiary/aromatic N) is 2. The monoisotopic (exact) mass is 523 g/mol. The van der Waals surface area contributed by atoms with E-state index in [2.05, 4.69) is 110 Å². The van der Waals surface area contributed by atoms with Crippen molar-refractivity contribution in [2.24, 2.45) is 0 Å². The molecule has 0 bridgehead atoms. The molecule has 3 aromatic carbocycles. The number of anilines is 2. The molecule has 0 saturated carbocycles. The van der Waals surface area contributed by atoms with E-state index in [0.29, 0.717) is 0 Å². The topological polar surface area (TPSA) is 6.48 Å². The van der Waals surface area contributed by atoms with Crippen molar-refractivity contribution in [3.8, 4) is 0 Å². The number of rotatable bonds is 3. The Kier molecular flexibility index (Phi) is 8.65.